The molecular weight excluding hydrogens is 413 g/mol. The van der Waals surface area contributed by atoms with Crippen molar-refractivity contribution in [3.05, 3.63) is 93.5 Å². The summed E-state index contributed by atoms with van der Waals surface area (Å²) in [5.74, 6) is -0.637. The molecule has 0 aliphatic rings. The summed E-state index contributed by atoms with van der Waals surface area (Å²) in [7, 11) is 1.28. The van der Waals surface area contributed by atoms with Gasteiger partial charge in [-0.2, -0.15) is 0 Å². The van der Waals surface area contributed by atoms with Gasteiger partial charge in [0.25, 0.3) is 5.91 Å². The van der Waals surface area contributed by atoms with Crippen molar-refractivity contribution >= 4 is 40.8 Å². The van der Waals surface area contributed by atoms with Crippen LogP contribution >= 0.6 is 23.2 Å². The highest BCUT2D eigenvalue weighted by atomic mass is 35.5. The molecule has 148 valence electrons. The first-order valence-corrected chi connectivity index (χ1v) is 9.39. The average Bonchev–Trinajstić information content (AvgIpc) is 2.74. The number of halogens is 2. The lowest BCUT2D eigenvalue weighted by molar-refractivity contribution is 0.0600. The van der Waals surface area contributed by atoms with E-state index in [1.165, 1.54) is 31.4 Å². The van der Waals surface area contributed by atoms with E-state index in [-0.39, 0.29) is 21.8 Å². The van der Waals surface area contributed by atoms with Crippen LogP contribution < -0.4 is 10.1 Å². The van der Waals surface area contributed by atoms with Gasteiger partial charge in [-0.1, -0.05) is 53.5 Å². The number of carbonyl (C=O) groups excluding carboxylic acids is 2. The Morgan fingerprint density at radius 3 is 2.45 bits per heavy atom. The Hall–Kier alpha value is -3.02. The highest BCUT2D eigenvalue weighted by molar-refractivity contribution is 6.34. The van der Waals surface area contributed by atoms with Crippen LogP contribution in [0.25, 0.3) is 0 Å². The Morgan fingerprint density at radius 2 is 1.72 bits per heavy atom. The lowest BCUT2D eigenvalue weighted by atomic mass is 10.1. The summed E-state index contributed by atoms with van der Waals surface area (Å²) in [4.78, 5) is 24.6. The number of methoxy groups -OCH3 is 1. The SMILES string of the molecule is COC(=O)c1ccc(Cl)c(NC(=O)c2cc(Cl)ccc2OCc2ccccc2)c1. The van der Waals surface area contributed by atoms with Crippen molar-refractivity contribution in [2.75, 3.05) is 12.4 Å². The van der Waals surface area contributed by atoms with Gasteiger partial charge in [0.15, 0.2) is 0 Å². The van der Waals surface area contributed by atoms with Gasteiger partial charge in [0.2, 0.25) is 0 Å². The number of rotatable bonds is 6. The molecule has 5 nitrogen and oxygen atoms in total. The van der Waals surface area contributed by atoms with Crippen molar-refractivity contribution < 1.29 is 19.1 Å². The molecule has 1 amide bonds. The quantitative estimate of drug-likeness (QED) is 0.517. The number of esters is 1. The van der Waals surface area contributed by atoms with Gasteiger partial charge in [-0.15, -0.1) is 0 Å². The lowest BCUT2D eigenvalue weighted by Crippen LogP contribution is -2.15. The summed E-state index contributed by atoms with van der Waals surface area (Å²) in [6, 6.07) is 18.8. The van der Waals surface area contributed by atoms with Crippen LogP contribution in [0.5, 0.6) is 5.75 Å². The first-order chi connectivity index (χ1) is 14.0. The normalized spacial score (nSPS) is 10.3. The second-order valence-corrected chi connectivity index (χ2v) is 6.90. The second-order valence-electron chi connectivity index (χ2n) is 6.06. The predicted octanol–water partition coefficient (Wildman–Crippen LogP) is 5.61. The predicted molar refractivity (Wildman–Crippen MR) is 113 cm³/mol. The molecule has 0 aliphatic carbocycles. The minimum atomic E-state index is -0.535. The van der Waals surface area contributed by atoms with E-state index < -0.39 is 11.9 Å². The molecule has 0 saturated heterocycles. The van der Waals surface area contributed by atoms with Gasteiger partial charge < -0.3 is 14.8 Å². The van der Waals surface area contributed by atoms with Crippen LogP contribution in [0.3, 0.4) is 0 Å². The average molecular weight is 430 g/mol. The van der Waals surface area contributed by atoms with Crippen molar-refractivity contribution in [1.82, 2.24) is 0 Å². The van der Waals surface area contributed by atoms with Crippen LogP contribution in [0.1, 0.15) is 26.3 Å². The Balaban J connectivity index is 1.83. The Labute approximate surface area is 178 Å². The minimum Gasteiger partial charge on any atom is -0.488 e. The van der Waals surface area contributed by atoms with Gasteiger partial charge in [0, 0.05) is 5.02 Å². The number of carbonyl (C=O) groups is 2. The highest BCUT2D eigenvalue weighted by Crippen LogP contribution is 2.28. The second kappa shape index (κ2) is 9.45. The van der Waals surface area contributed by atoms with E-state index in [1.807, 2.05) is 30.3 Å². The van der Waals surface area contributed by atoms with Crippen molar-refractivity contribution in [1.29, 1.82) is 0 Å². The Bertz CT molecular complexity index is 1040. The third-order valence-electron chi connectivity index (χ3n) is 4.06. The maximum atomic E-state index is 12.9. The van der Waals surface area contributed by atoms with E-state index in [1.54, 1.807) is 12.1 Å². The third kappa shape index (κ3) is 5.28. The zero-order valence-corrected chi connectivity index (χ0v) is 17.0. The number of hydrogen-bond donors (Lipinski definition) is 1. The highest BCUT2D eigenvalue weighted by Gasteiger charge is 2.17. The number of ether oxygens (including phenoxy) is 2. The van der Waals surface area contributed by atoms with Crippen LogP contribution in [0.15, 0.2) is 66.7 Å². The molecule has 0 atom stereocenters. The fourth-order valence-electron chi connectivity index (χ4n) is 2.60. The van der Waals surface area contributed by atoms with Crippen LogP contribution in [0.4, 0.5) is 5.69 Å². The number of benzene rings is 3. The number of nitrogens with one attached hydrogen (secondary N) is 1. The minimum absolute atomic E-state index is 0.243. The van der Waals surface area contributed by atoms with E-state index in [0.717, 1.165) is 5.56 Å². The molecule has 3 rings (SSSR count). The molecule has 0 aliphatic heterocycles. The Morgan fingerprint density at radius 1 is 0.966 bits per heavy atom. The van der Waals surface area contributed by atoms with E-state index in [9.17, 15) is 9.59 Å². The van der Waals surface area contributed by atoms with Crippen LogP contribution in [-0.2, 0) is 11.3 Å². The molecule has 1 N–H and O–H groups in total. The first-order valence-electron chi connectivity index (χ1n) is 8.63. The molecule has 0 bridgehead atoms. The molecular formula is C22H17Cl2NO4. The molecule has 0 saturated carbocycles. The maximum absolute atomic E-state index is 12.9. The number of anilines is 1. The standard InChI is InChI=1S/C22H17Cl2NO4/c1-28-22(27)15-7-9-18(24)19(11-15)25-21(26)17-12-16(23)8-10-20(17)29-13-14-5-3-2-4-6-14/h2-12H,13H2,1H3,(H,25,26). The molecule has 3 aromatic rings. The topological polar surface area (TPSA) is 64.6 Å². The fourth-order valence-corrected chi connectivity index (χ4v) is 2.93. The molecule has 7 heteroatoms. The van der Waals surface area contributed by atoms with Crippen LogP contribution in [0, 0.1) is 0 Å². The summed E-state index contributed by atoms with van der Waals surface area (Å²) in [5, 5.41) is 3.36. The van der Waals surface area contributed by atoms with Gasteiger partial charge in [0.05, 0.1) is 28.9 Å². The van der Waals surface area contributed by atoms with E-state index in [4.69, 9.17) is 32.7 Å². The fraction of sp³-hybridized carbons (Fsp3) is 0.0909. The first kappa shape index (κ1) is 20.7. The van der Waals surface area contributed by atoms with Gasteiger partial charge in [-0.05, 0) is 42.0 Å². The van der Waals surface area contributed by atoms with E-state index in [0.29, 0.717) is 17.4 Å². The van der Waals surface area contributed by atoms with Crippen molar-refractivity contribution in [3.63, 3.8) is 0 Å². The largest absolute Gasteiger partial charge is 0.488 e. The van der Waals surface area contributed by atoms with Gasteiger partial charge in [-0.25, -0.2) is 4.79 Å². The van der Waals surface area contributed by atoms with Gasteiger partial charge in [0.1, 0.15) is 12.4 Å². The third-order valence-corrected chi connectivity index (χ3v) is 4.62. The smallest absolute Gasteiger partial charge is 0.337 e. The van der Waals surface area contributed by atoms with Crippen molar-refractivity contribution in [2.24, 2.45) is 0 Å². The van der Waals surface area contributed by atoms with Crippen molar-refractivity contribution in [2.45, 2.75) is 6.61 Å². The van der Waals surface area contributed by atoms with Gasteiger partial charge >= 0.3 is 5.97 Å². The molecule has 0 spiro atoms. The maximum Gasteiger partial charge on any atom is 0.337 e. The summed E-state index contributed by atoms with van der Waals surface area (Å²) in [6.07, 6.45) is 0. The molecule has 0 aromatic heterocycles. The molecule has 0 fully saturated rings. The summed E-state index contributed by atoms with van der Waals surface area (Å²) >= 11 is 12.2. The van der Waals surface area contributed by atoms with E-state index >= 15 is 0 Å². The summed E-state index contributed by atoms with van der Waals surface area (Å²) in [6.45, 7) is 0.293. The monoisotopic (exact) mass is 429 g/mol. The zero-order chi connectivity index (χ0) is 20.8. The molecule has 0 radical (unpaired) electrons. The summed E-state index contributed by atoms with van der Waals surface area (Å²) < 4.78 is 10.5. The molecule has 0 unspecified atom stereocenters. The Kier molecular flexibility index (Phi) is 6.75. The van der Waals surface area contributed by atoms with Crippen molar-refractivity contribution in [3.8, 4) is 5.75 Å². The lowest BCUT2D eigenvalue weighted by Gasteiger charge is -2.13. The molecule has 3 aromatic carbocycles. The van der Waals surface area contributed by atoms with E-state index in [2.05, 4.69) is 5.32 Å². The van der Waals surface area contributed by atoms with Gasteiger partial charge in [-0.3, -0.25) is 4.79 Å². The zero-order valence-electron chi connectivity index (χ0n) is 15.4. The summed E-state index contributed by atoms with van der Waals surface area (Å²) in [5.41, 5.74) is 1.74. The number of hydrogen-bond acceptors (Lipinski definition) is 4. The molecule has 0 heterocycles. The van der Waals surface area contributed by atoms with Crippen LogP contribution in [0.2, 0.25) is 10.0 Å². The molecule has 29 heavy (non-hydrogen) atoms. The number of amides is 1. The van der Waals surface area contributed by atoms with Crippen LogP contribution in [-0.4, -0.2) is 19.0 Å².